The number of hydrogen-bond donors (Lipinski definition) is 1. The lowest BCUT2D eigenvalue weighted by atomic mass is 10.3. The predicted octanol–water partition coefficient (Wildman–Crippen LogP) is -0.410. The summed E-state index contributed by atoms with van der Waals surface area (Å²) in [6, 6.07) is -0.874. The zero-order chi connectivity index (χ0) is 11.3. The number of ether oxygens (including phenoxy) is 2. The van der Waals surface area contributed by atoms with Crippen LogP contribution in [0.15, 0.2) is 0 Å². The van der Waals surface area contributed by atoms with Crippen LogP contribution in [0.4, 0.5) is 4.79 Å². The molecule has 1 rings (SSSR count). The molecule has 1 saturated heterocycles. The van der Waals surface area contributed by atoms with E-state index in [4.69, 9.17) is 4.74 Å². The summed E-state index contributed by atoms with van der Waals surface area (Å²) in [4.78, 5) is 24.2. The molecule has 86 valence electrons. The van der Waals surface area contributed by atoms with E-state index < -0.39 is 12.0 Å². The first-order valence-electron chi connectivity index (χ1n) is 4.86. The Balaban J connectivity index is 2.36. The number of nitrogens with one attached hydrogen (secondary N) is 1. The number of carbonyl (C=O) groups is 2. The van der Waals surface area contributed by atoms with Crippen LogP contribution in [-0.4, -0.2) is 56.4 Å². The van der Waals surface area contributed by atoms with E-state index >= 15 is 0 Å². The van der Waals surface area contributed by atoms with Crippen LogP contribution in [0.5, 0.6) is 0 Å². The summed E-state index contributed by atoms with van der Waals surface area (Å²) in [6.07, 6.45) is 0. The minimum Gasteiger partial charge on any atom is -0.467 e. The summed E-state index contributed by atoms with van der Waals surface area (Å²) >= 11 is 0. The van der Waals surface area contributed by atoms with Gasteiger partial charge in [-0.15, -0.1) is 0 Å². The van der Waals surface area contributed by atoms with Crippen LogP contribution in [-0.2, 0) is 14.3 Å². The smallest absolute Gasteiger partial charge is 0.328 e. The van der Waals surface area contributed by atoms with Gasteiger partial charge in [-0.05, 0) is 6.92 Å². The molecule has 6 nitrogen and oxygen atoms in total. The van der Waals surface area contributed by atoms with Crippen molar-refractivity contribution in [3.63, 3.8) is 0 Å². The molecule has 0 spiro atoms. The van der Waals surface area contributed by atoms with Crippen molar-refractivity contribution in [2.24, 2.45) is 0 Å². The first-order valence-corrected chi connectivity index (χ1v) is 4.86. The number of amides is 2. The van der Waals surface area contributed by atoms with Crippen molar-refractivity contribution in [1.82, 2.24) is 10.2 Å². The third-order valence-corrected chi connectivity index (χ3v) is 2.19. The molecular formula is C9H16N2O4. The Morgan fingerprint density at radius 1 is 1.40 bits per heavy atom. The van der Waals surface area contributed by atoms with Gasteiger partial charge in [0.25, 0.3) is 0 Å². The Kier molecular flexibility index (Phi) is 4.36. The van der Waals surface area contributed by atoms with Crippen LogP contribution in [0.1, 0.15) is 6.92 Å². The maximum Gasteiger partial charge on any atom is 0.328 e. The summed E-state index contributed by atoms with van der Waals surface area (Å²) in [5.41, 5.74) is 0. The Morgan fingerprint density at radius 3 is 2.53 bits per heavy atom. The van der Waals surface area contributed by atoms with Crippen LogP contribution in [0.25, 0.3) is 0 Å². The second kappa shape index (κ2) is 5.55. The van der Waals surface area contributed by atoms with Gasteiger partial charge in [-0.3, -0.25) is 0 Å². The van der Waals surface area contributed by atoms with Crippen molar-refractivity contribution in [2.45, 2.75) is 13.0 Å². The second-order valence-corrected chi connectivity index (χ2v) is 3.29. The van der Waals surface area contributed by atoms with Gasteiger partial charge < -0.3 is 19.7 Å². The van der Waals surface area contributed by atoms with Crippen LogP contribution in [0, 0.1) is 0 Å². The number of morpholine rings is 1. The zero-order valence-electron chi connectivity index (χ0n) is 8.99. The highest BCUT2D eigenvalue weighted by Crippen LogP contribution is 1.98. The number of hydrogen-bond acceptors (Lipinski definition) is 4. The van der Waals surface area contributed by atoms with E-state index in [0.717, 1.165) is 0 Å². The van der Waals surface area contributed by atoms with Gasteiger partial charge in [0, 0.05) is 13.1 Å². The van der Waals surface area contributed by atoms with Gasteiger partial charge in [0.1, 0.15) is 6.04 Å². The molecule has 1 atom stereocenters. The predicted molar refractivity (Wildman–Crippen MR) is 52.4 cm³/mol. The Labute approximate surface area is 88.5 Å². The highest BCUT2D eigenvalue weighted by atomic mass is 16.5. The van der Waals surface area contributed by atoms with Crippen LogP contribution < -0.4 is 5.32 Å². The van der Waals surface area contributed by atoms with Gasteiger partial charge in [-0.25, -0.2) is 9.59 Å². The number of urea groups is 1. The third-order valence-electron chi connectivity index (χ3n) is 2.19. The molecule has 0 bridgehead atoms. The Bertz CT molecular complexity index is 238. The molecule has 1 heterocycles. The van der Waals surface area contributed by atoms with E-state index in [0.29, 0.717) is 26.3 Å². The largest absolute Gasteiger partial charge is 0.467 e. The molecule has 0 radical (unpaired) electrons. The van der Waals surface area contributed by atoms with Crippen LogP contribution in [0.2, 0.25) is 0 Å². The summed E-state index contributed by atoms with van der Waals surface area (Å²) in [5.74, 6) is -0.448. The Hall–Kier alpha value is -1.30. The van der Waals surface area contributed by atoms with Crippen LogP contribution in [0.3, 0.4) is 0 Å². The van der Waals surface area contributed by atoms with Crippen molar-refractivity contribution in [3.05, 3.63) is 0 Å². The normalized spacial score (nSPS) is 18.1. The SMILES string of the molecule is COC(=O)[C@H](C)NC(=O)N1CCOCC1. The topological polar surface area (TPSA) is 67.9 Å². The van der Waals surface area contributed by atoms with Crippen molar-refractivity contribution < 1.29 is 19.1 Å². The fourth-order valence-corrected chi connectivity index (χ4v) is 1.28. The summed E-state index contributed by atoms with van der Waals surface area (Å²) in [7, 11) is 1.29. The van der Waals surface area contributed by atoms with Gasteiger partial charge in [-0.2, -0.15) is 0 Å². The molecule has 0 aromatic heterocycles. The molecule has 0 saturated carbocycles. The molecule has 0 unspecified atom stereocenters. The highest BCUT2D eigenvalue weighted by molar-refractivity contribution is 5.83. The van der Waals surface area contributed by atoms with Crippen LogP contribution >= 0.6 is 0 Å². The number of methoxy groups -OCH3 is 1. The quantitative estimate of drug-likeness (QED) is 0.637. The lowest BCUT2D eigenvalue weighted by Gasteiger charge is -2.27. The lowest BCUT2D eigenvalue weighted by Crippen LogP contribution is -2.50. The van der Waals surface area contributed by atoms with E-state index in [-0.39, 0.29) is 6.03 Å². The van der Waals surface area contributed by atoms with Crippen molar-refractivity contribution in [1.29, 1.82) is 0 Å². The molecule has 0 aromatic rings. The van der Waals surface area contributed by atoms with Gasteiger partial charge >= 0.3 is 12.0 Å². The maximum atomic E-state index is 11.6. The number of esters is 1. The Morgan fingerprint density at radius 2 is 2.00 bits per heavy atom. The van der Waals surface area contributed by atoms with E-state index in [1.165, 1.54) is 7.11 Å². The maximum absolute atomic E-state index is 11.6. The summed E-state index contributed by atoms with van der Waals surface area (Å²) < 4.78 is 9.61. The standard InChI is InChI=1S/C9H16N2O4/c1-7(8(12)14-2)10-9(13)11-3-5-15-6-4-11/h7H,3-6H2,1-2H3,(H,10,13)/t7-/m0/s1. The van der Waals surface area contributed by atoms with Gasteiger partial charge in [0.2, 0.25) is 0 Å². The highest BCUT2D eigenvalue weighted by Gasteiger charge is 2.21. The molecule has 15 heavy (non-hydrogen) atoms. The number of carbonyl (C=O) groups excluding carboxylic acids is 2. The number of nitrogens with zero attached hydrogens (tertiary/aromatic N) is 1. The fraction of sp³-hybridized carbons (Fsp3) is 0.778. The minimum absolute atomic E-state index is 0.254. The van der Waals surface area contributed by atoms with E-state index in [1.807, 2.05) is 0 Å². The lowest BCUT2D eigenvalue weighted by molar-refractivity contribution is -0.142. The third kappa shape index (κ3) is 3.39. The molecule has 2 amide bonds. The molecule has 1 N–H and O–H groups in total. The van der Waals surface area contributed by atoms with E-state index in [9.17, 15) is 9.59 Å². The molecule has 6 heteroatoms. The minimum atomic E-state index is -0.620. The first kappa shape index (κ1) is 11.8. The number of rotatable bonds is 2. The second-order valence-electron chi connectivity index (χ2n) is 3.29. The monoisotopic (exact) mass is 216 g/mol. The zero-order valence-corrected chi connectivity index (χ0v) is 8.99. The van der Waals surface area contributed by atoms with Gasteiger partial charge in [0.15, 0.2) is 0 Å². The van der Waals surface area contributed by atoms with Crippen molar-refractivity contribution in [2.75, 3.05) is 33.4 Å². The average Bonchev–Trinajstić information content (AvgIpc) is 2.29. The van der Waals surface area contributed by atoms with E-state index in [2.05, 4.69) is 10.1 Å². The van der Waals surface area contributed by atoms with Crippen molar-refractivity contribution >= 4 is 12.0 Å². The molecule has 1 aliphatic heterocycles. The van der Waals surface area contributed by atoms with Gasteiger partial charge in [0.05, 0.1) is 20.3 Å². The molecule has 1 fully saturated rings. The molecule has 0 aliphatic carbocycles. The average molecular weight is 216 g/mol. The molecule has 1 aliphatic rings. The summed E-state index contributed by atoms with van der Waals surface area (Å²) in [6.45, 7) is 3.78. The van der Waals surface area contributed by atoms with Crippen molar-refractivity contribution in [3.8, 4) is 0 Å². The fourth-order valence-electron chi connectivity index (χ4n) is 1.28. The van der Waals surface area contributed by atoms with Gasteiger partial charge in [-0.1, -0.05) is 0 Å². The molecule has 0 aromatic carbocycles. The molecular weight excluding hydrogens is 200 g/mol. The first-order chi connectivity index (χ1) is 7.15. The van der Waals surface area contributed by atoms with E-state index in [1.54, 1.807) is 11.8 Å². The summed E-state index contributed by atoms with van der Waals surface area (Å²) in [5, 5.41) is 2.56.